The van der Waals surface area contributed by atoms with Gasteiger partial charge in [-0.3, -0.25) is 4.98 Å². The predicted octanol–water partition coefficient (Wildman–Crippen LogP) is 2.80. The van der Waals surface area contributed by atoms with E-state index >= 15 is 0 Å². The van der Waals surface area contributed by atoms with Crippen molar-refractivity contribution in [2.75, 3.05) is 19.8 Å². The van der Waals surface area contributed by atoms with Gasteiger partial charge in [-0.15, -0.1) is 0 Å². The number of ether oxygens (including phenoxy) is 1. The summed E-state index contributed by atoms with van der Waals surface area (Å²) in [6.45, 7) is 6.84. The fourth-order valence-corrected chi connectivity index (χ4v) is 1.78. The van der Waals surface area contributed by atoms with Crippen LogP contribution in [0.25, 0.3) is 0 Å². The molecule has 18 heavy (non-hydrogen) atoms. The van der Waals surface area contributed by atoms with Crippen molar-refractivity contribution in [3.63, 3.8) is 0 Å². The van der Waals surface area contributed by atoms with E-state index in [0.717, 1.165) is 45.4 Å². The molecule has 0 radical (unpaired) electrons. The number of nitrogens with two attached hydrogens (primary N) is 1. The molecule has 0 saturated heterocycles. The highest BCUT2D eigenvalue weighted by Gasteiger charge is 2.14. The van der Waals surface area contributed by atoms with Crippen molar-refractivity contribution < 1.29 is 4.74 Å². The van der Waals surface area contributed by atoms with E-state index in [9.17, 15) is 0 Å². The summed E-state index contributed by atoms with van der Waals surface area (Å²) in [5.41, 5.74) is 7.27. The second kappa shape index (κ2) is 8.22. The third kappa shape index (κ3) is 6.72. The zero-order valence-corrected chi connectivity index (χ0v) is 11.7. The number of nitrogens with zero attached hydrogens (tertiary/aromatic N) is 1. The van der Waals surface area contributed by atoms with Gasteiger partial charge in [0.25, 0.3) is 0 Å². The summed E-state index contributed by atoms with van der Waals surface area (Å²) in [4.78, 5) is 4.00. The van der Waals surface area contributed by atoms with Crippen molar-refractivity contribution in [2.45, 2.75) is 39.5 Å². The molecule has 1 heterocycles. The van der Waals surface area contributed by atoms with Gasteiger partial charge in [-0.2, -0.15) is 0 Å². The van der Waals surface area contributed by atoms with Crippen LogP contribution in [0.3, 0.4) is 0 Å². The number of aromatic nitrogens is 1. The van der Waals surface area contributed by atoms with Gasteiger partial charge in [0, 0.05) is 25.6 Å². The standard InChI is InChI=1S/C15H26N2O/c1-15(2,13-16)8-4-12-18-11-3-5-14-6-9-17-10-7-14/h6-7,9-10H,3-5,8,11-13,16H2,1-2H3. The Hall–Kier alpha value is -0.930. The molecule has 1 aromatic heterocycles. The normalized spacial score (nSPS) is 11.7. The van der Waals surface area contributed by atoms with Crippen LogP contribution in [0.15, 0.2) is 24.5 Å². The molecule has 0 atom stereocenters. The average Bonchev–Trinajstić information content (AvgIpc) is 2.39. The highest BCUT2D eigenvalue weighted by Crippen LogP contribution is 2.19. The molecule has 0 aliphatic rings. The van der Waals surface area contributed by atoms with E-state index in [1.54, 1.807) is 0 Å². The summed E-state index contributed by atoms with van der Waals surface area (Å²) >= 11 is 0. The smallest absolute Gasteiger partial charge is 0.0469 e. The summed E-state index contributed by atoms with van der Waals surface area (Å²) in [7, 11) is 0. The molecule has 3 heteroatoms. The van der Waals surface area contributed by atoms with E-state index in [4.69, 9.17) is 10.5 Å². The molecule has 2 N–H and O–H groups in total. The monoisotopic (exact) mass is 250 g/mol. The molecule has 0 aliphatic heterocycles. The first-order valence-electron chi connectivity index (χ1n) is 6.81. The van der Waals surface area contributed by atoms with Crippen LogP contribution < -0.4 is 5.73 Å². The topological polar surface area (TPSA) is 48.1 Å². The second-order valence-corrected chi connectivity index (χ2v) is 5.54. The first kappa shape index (κ1) is 15.1. The maximum atomic E-state index is 5.69. The molecule has 1 aromatic rings. The lowest BCUT2D eigenvalue weighted by atomic mass is 9.88. The molecule has 0 saturated carbocycles. The number of pyridine rings is 1. The summed E-state index contributed by atoms with van der Waals surface area (Å²) in [6, 6.07) is 4.12. The van der Waals surface area contributed by atoms with E-state index in [1.807, 2.05) is 12.4 Å². The van der Waals surface area contributed by atoms with E-state index in [1.165, 1.54) is 5.56 Å². The molecule has 0 fully saturated rings. The maximum Gasteiger partial charge on any atom is 0.0469 e. The van der Waals surface area contributed by atoms with Crippen molar-refractivity contribution in [1.82, 2.24) is 4.98 Å². The molecule has 0 aromatic carbocycles. The van der Waals surface area contributed by atoms with Crippen LogP contribution in [-0.2, 0) is 11.2 Å². The molecule has 0 spiro atoms. The quantitative estimate of drug-likeness (QED) is 0.686. The molecular weight excluding hydrogens is 224 g/mol. The maximum absolute atomic E-state index is 5.69. The Kier molecular flexibility index (Phi) is 6.91. The highest BCUT2D eigenvalue weighted by molar-refractivity contribution is 5.09. The summed E-state index contributed by atoms with van der Waals surface area (Å²) in [6.07, 6.45) is 8.05. The third-order valence-corrected chi connectivity index (χ3v) is 3.20. The van der Waals surface area contributed by atoms with Gasteiger partial charge in [0.05, 0.1) is 0 Å². The SMILES string of the molecule is CC(C)(CN)CCCOCCCc1ccncc1. The fourth-order valence-electron chi connectivity index (χ4n) is 1.78. The van der Waals surface area contributed by atoms with E-state index in [-0.39, 0.29) is 5.41 Å². The molecule has 0 bridgehead atoms. The minimum absolute atomic E-state index is 0.250. The summed E-state index contributed by atoms with van der Waals surface area (Å²) in [5.74, 6) is 0. The number of hydrogen-bond donors (Lipinski definition) is 1. The number of aryl methyl sites for hydroxylation is 1. The molecule has 0 aliphatic carbocycles. The summed E-state index contributed by atoms with van der Waals surface area (Å²) in [5, 5.41) is 0. The second-order valence-electron chi connectivity index (χ2n) is 5.54. The van der Waals surface area contributed by atoms with Crippen LogP contribution >= 0.6 is 0 Å². The van der Waals surface area contributed by atoms with E-state index in [2.05, 4.69) is 31.0 Å². The highest BCUT2D eigenvalue weighted by atomic mass is 16.5. The Morgan fingerprint density at radius 1 is 1.17 bits per heavy atom. The first-order valence-corrected chi connectivity index (χ1v) is 6.81. The van der Waals surface area contributed by atoms with Gasteiger partial charge in [0.15, 0.2) is 0 Å². The van der Waals surface area contributed by atoms with Crippen molar-refractivity contribution >= 4 is 0 Å². The number of rotatable bonds is 9. The Balaban J connectivity index is 1.96. The Labute approximate surface area is 111 Å². The van der Waals surface area contributed by atoms with Crippen LogP contribution in [0.4, 0.5) is 0 Å². The first-order chi connectivity index (χ1) is 8.64. The average molecular weight is 250 g/mol. The Morgan fingerprint density at radius 3 is 2.50 bits per heavy atom. The lowest BCUT2D eigenvalue weighted by molar-refractivity contribution is 0.119. The van der Waals surface area contributed by atoms with E-state index < -0.39 is 0 Å². The van der Waals surface area contributed by atoms with Crippen LogP contribution in [0.2, 0.25) is 0 Å². The lowest BCUT2D eigenvalue weighted by Gasteiger charge is -2.21. The van der Waals surface area contributed by atoms with Gasteiger partial charge < -0.3 is 10.5 Å². The van der Waals surface area contributed by atoms with Crippen molar-refractivity contribution in [3.8, 4) is 0 Å². The minimum atomic E-state index is 0.250. The van der Waals surface area contributed by atoms with Crippen molar-refractivity contribution in [2.24, 2.45) is 11.1 Å². The van der Waals surface area contributed by atoms with Crippen LogP contribution in [-0.4, -0.2) is 24.7 Å². The molecule has 0 unspecified atom stereocenters. The largest absolute Gasteiger partial charge is 0.381 e. The Morgan fingerprint density at radius 2 is 1.83 bits per heavy atom. The van der Waals surface area contributed by atoms with Crippen LogP contribution in [0, 0.1) is 5.41 Å². The van der Waals surface area contributed by atoms with Crippen LogP contribution in [0.5, 0.6) is 0 Å². The molecule has 102 valence electrons. The third-order valence-electron chi connectivity index (χ3n) is 3.20. The van der Waals surface area contributed by atoms with Crippen molar-refractivity contribution in [1.29, 1.82) is 0 Å². The van der Waals surface area contributed by atoms with Gasteiger partial charge in [0.1, 0.15) is 0 Å². The van der Waals surface area contributed by atoms with Crippen LogP contribution in [0.1, 0.15) is 38.7 Å². The zero-order chi connectivity index (χ0) is 13.3. The molecule has 1 rings (SSSR count). The van der Waals surface area contributed by atoms with Gasteiger partial charge in [0.2, 0.25) is 0 Å². The predicted molar refractivity (Wildman–Crippen MR) is 75.4 cm³/mol. The summed E-state index contributed by atoms with van der Waals surface area (Å²) < 4.78 is 5.64. The van der Waals surface area contributed by atoms with Gasteiger partial charge >= 0.3 is 0 Å². The lowest BCUT2D eigenvalue weighted by Crippen LogP contribution is -2.23. The van der Waals surface area contributed by atoms with Gasteiger partial charge in [-0.25, -0.2) is 0 Å². The molecular formula is C15H26N2O. The molecule has 3 nitrogen and oxygen atoms in total. The van der Waals surface area contributed by atoms with E-state index in [0.29, 0.717) is 0 Å². The van der Waals surface area contributed by atoms with Gasteiger partial charge in [-0.1, -0.05) is 13.8 Å². The van der Waals surface area contributed by atoms with Gasteiger partial charge in [-0.05, 0) is 55.3 Å². The molecule has 0 amide bonds. The minimum Gasteiger partial charge on any atom is -0.381 e. The number of hydrogen-bond acceptors (Lipinski definition) is 3. The fraction of sp³-hybridized carbons (Fsp3) is 0.667. The zero-order valence-electron chi connectivity index (χ0n) is 11.7. The Bertz CT molecular complexity index is 312. The van der Waals surface area contributed by atoms with Crippen molar-refractivity contribution in [3.05, 3.63) is 30.1 Å².